The topological polar surface area (TPSA) is 82.3 Å². The summed E-state index contributed by atoms with van der Waals surface area (Å²) in [6.45, 7) is 0. The molecule has 0 fully saturated rings. The molecule has 0 aliphatic rings. The number of nitro benzene ring substituents is 1. The minimum atomic E-state index is -0.402. The number of allylic oxidation sites excluding steroid dienone is 1. The molecular formula is C19H20N2O4. The number of unbranched alkanes of at least 4 members (excludes halogenated alkanes) is 2. The van der Waals surface area contributed by atoms with E-state index in [9.17, 15) is 14.9 Å². The quantitative estimate of drug-likeness (QED) is 0.312. The lowest BCUT2D eigenvalue weighted by molar-refractivity contribution is -0.384. The first-order chi connectivity index (χ1) is 12.1. The van der Waals surface area contributed by atoms with Gasteiger partial charge in [-0.3, -0.25) is 19.9 Å². The molecule has 130 valence electrons. The van der Waals surface area contributed by atoms with Crippen molar-refractivity contribution < 1.29 is 14.5 Å². The molecular weight excluding hydrogens is 320 g/mol. The van der Waals surface area contributed by atoms with E-state index in [-0.39, 0.29) is 11.7 Å². The average molecular weight is 340 g/mol. The fourth-order valence-corrected chi connectivity index (χ4v) is 2.47. The summed E-state index contributed by atoms with van der Waals surface area (Å²) in [6.07, 6.45) is 8.16. The second-order valence-electron chi connectivity index (χ2n) is 5.49. The summed E-state index contributed by atoms with van der Waals surface area (Å²) in [7, 11) is 1.38. The molecule has 25 heavy (non-hydrogen) atoms. The molecule has 0 amide bonds. The van der Waals surface area contributed by atoms with E-state index in [1.54, 1.807) is 24.5 Å². The number of rotatable bonds is 8. The van der Waals surface area contributed by atoms with Crippen LogP contribution in [-0.4, -0.2) is 23.0 Å². The van der Waals surface area contributed by atoms with Gasteiger partial charge in [0.25, 0.3) is 5.69 Å². The van der Waals surface area contributed by atoms with E-state index >= 15 is 0 Å². The Morgan fingerprint density at radius 2 is 2.04 bits per heavy atom. The number of carbonyl (C=O) groups excluding carboxylic acids is 1. The van der Waals surface area contributed by atoms with Crippen LogP contribution >= 0.6 is 0 Å². The number of aromatic nitrogens is 1. The molecule has 0 aliphatic heterocycles. The molecule has 0 saturated heterocycles. The van der Waals surface area contributed by atoms with E-state index < -0.39 is 4.92 Å². The van der Waals surface area contributed by atoms with Crippen molar-refractivity contribution in [3.63, 3.8) is 0 Å². The van der Waals surface area contributed by atoms with Crippen LogP contribution in [0, 0.1) is 10.1 Å². The summed E-state index contributed by atoms with van der Waals surface area (Å²) in [5.41, 5.74) is 2.62. The van der Waals surface area contributed by atoms with Gasteiger partial charge >= 0.3 is 5.97 Å². The molecule has 0 saturated carbocycles. The number of carbonyl (C=O) groups is 1. The molecule has 6 nitrogen and oxygen atoms in total. The van der Waals surface area contributed by atoms with Crippen molar-refractivity contribution in [3.05, 3.63) is 76.1 Å². The first-order valence-corrected chi connectivity index (χ1v) is 8.04. The van der Waals surface area contributed by atoms with Crippen LogP contribution in [0.3, 0.4) is 0 Å². The van der Waals surface area contributed by atoms with Gasteiger partial charge in [0.15, 0.2) is 0 Å². The number of hydrogen-bond donors (Lipinski definition) is 0. The fourth-order valence-electron chi connectivity index (χ4n) is 2.47. The molecule has 1 heterocycles. The van der Waals surface area contributed by atoms with Crippen LogP contribution < -0.4 is 0 Å². The normalized spacial score (nSPS) is 11.2. The van der Waals surface area contributed by atoms with Gasteiger partial charge < -0.3 is 4.74 Å². The Morgan fingerprint density at radius 1 is 1.24 bits per heavy atom. The highest BCUT2D eigenvalue weighted by molar-refractivity contribution is 5.80. The fraction of sp³-hybridized carbons (Fsp3) is 0.263. The van der Waals surface area contributed by atoms with Gasteiger partial charge in [-0.1, -0.05) is 24.3 Å². The third-order valence-corrected chi connectivity index (χ3v) is 3.75. The molecule has 2 aromatic rings. The summed E-state index contributed by atoms with van der Waals surface area (Å²) < 4.78 is 4.63. The number of nitrogens with zero attached hydrogens (tertiary/aromatic N) is 2. The van der Waals surface area contributed by atoms with E-state index in [0.717, 1.165) is 36.0 Å². The van der Waals surface area contributed by atoms with Crippen molar-refractivity contribution in [1.82, 2.24) is 4.98 Å². The predicted molar refractivity (Wildman–Crippen MR) is 94.9 cm³/mol. The molecule has 0 atom stereocenters. The number of ether oxygens (including phenoxy) is 1. The largest absolute Gasteiger partial charge is 0.469 e. The van der Waals surface area contributed by atoms with Crippen molar-refractivity contribution in [2.75, 3.05) is 7.11 Å². The highest BCUT2D eigenvalue weighted by atomic mass is 16.6. The third-order valence-electron chi connectivity index (χ3n) is 3.75. The van der Waals surface area contributed by atoms with Crippen LogP contribution in [0.25, 0.3) is 5.57 Å². The van der Waals surface area contributed by atoms with E-state index in [4.69, 9.17) is 0 Å². The van der Waals surface area contributed by atoms with Gasteiger partial charge in [-0.05, 0) is 36.5 Å². The minimum absolute atomic E-state index is 0.0537. The van der Waals surface area contributed by atoms with Gasteiger partial charge in [0.1, 0.15) is 0 Å². The average Bonchev–Trinajstić information content (AvgIpc) is 2.65. The van der Waals surface area contributed by atoms with Gasteiger partial charge in [0.2, 0.25) is 0 Å². The molecule has 0 aliphatic carbocycles. The van der Waals surface area contributed by atoms with E-state index in [2.05, 4.69) is 9.72 Å². The van der Waals surface area contributed by atoms with Crippen LogP contribution in [0.5, 0.6) is 0 Å². The monoisotopic (exact) mass is 340 g/mol. The smallest absolute Gasteiger partial charge is 0.305 e. The molecule has 0 radical (unpaired) electrons. The molecule has 0 N–H and O–H groups in total. The molecule has 1 aromatic carbocycles. The number of non-ortho nitro benzene ring substituents is 1. The molecule has 1 aromatic heterocycles. The van der Waals surface area contributed by atoms with Crippen molar-refractivity contribution in [1.29, 1.82) is 0 Å². The summed E-state index contributed by atoms with van der Waals surface area (Å²) in [4.78, 5) is 25.9. The lowest BCUT2D eigenvalue weighted by Crippen LogP contribution is -1.99. The predicted octanol–water partition coefficient (Wildman–Crippen LogP) is 4.15. The second-order valence-corrected chi connectivity index (χ2v) is 5.49. The Kier molecular flexibility index (Phi) is 6.83. The van der Waals surface area contributed by atoms with Crippen LogP contribution in [0.15, 0.2) is 54.9 Å². The third kappa shape index (κ3) is 5.53. The second kappa shape index (κ2) is 9.32. The number of esters is 1. The SMILES string of the molecule is COC(=O)CCCC/C=C(/c1cccnc1)c1cccc([N+](=O)[O-])c1. The Morgan fingerprint density at radius 3 is 2.72 bits per heavy atom. The molecule has 6 heteroatoms. The summed E-state index contributed by atoms with van der Waals surface area (Å²) in [5.74, 6) is -0.213. The highest BCUT2D eigenvalue weighted by Crippen LogP contribution is 2.26. The lowest BCUT2D eigenvalue weighted by atomic mass is 9.97. The Balaban J connectivity index is 2.19. The molecule has 0 bridgehead atoms. The van der Waals surface area contributed by atoms with Crippen molar-refractivity contribution in [2.45, 2.75) is 25.7 Å². The van der Waals surface area contributed by atoms with Crippen LogP contribution in [0.1, 0.15) is 36.8 Å². The van der Waals surface area contributed by atoms with E-state index in [0.29, 0.717) is 6.42 Å². The van der Waals surface area contributed by atoms with Crippen LogP contribution in [-0.2, 0) is 9.53 Å². The standard InChI is InChI=1S/C19H20N2O4/c1-25-19(22)11-4-2-3-10-18(16-8-6-12-20-14-16)15-7-5-9-17(13-15)21(23)24/h5-10,12-14H,2-4,11H2,1H3/b18-10+. The van der Waals surface area contributed by atoms with Gasteiger partial charge in [0.05, 0.1) is 12.0 Å². The summed E-state index contributed by atoms with van der Waals surface area (Å²) >= 11 is 0. The number of pyridine rings is 1. The first-order valence-electron chi connectivity index (χ1n) is 8.04. The Labute approximate surface area is 146 Å². The molecule has 2 rings (SSSR count). The Hall–Kier alpha value is -3.02. The zero-order valence-electron chi connectivity index (χ0n) is 14.1. The van der Waals surface area contributed by atoms with Gasteiger partial charge in [-0.2, -0.15) is 0 Å². The number of methoxy groups -OCH3 is 1. The van der Waals surface area contributed by atoms with E-state index in [1.807, 2.05) is 24.3 Å². The van der Waals surface area contributed by atoms with Crippen molar-refractivity contribution in [3.8, 4) is 0 Å². The van der Waals surface area contributed by atoms with Crippen LogP contribution in [0.4, 0.5) is 5.69 Å². The Bertz CT molecular complexity index is 757. The maximum Gasteiger partial charge on any atom is 0.305 e. The molecule has 0 spiro atoms. The summed E-state index contributed by atoms with van der Waals surface area (Å²) in [5, 5.41) is 11.0. The number of benzene rings is 1. The number of hydrogen-bond acceptors (Lipinski definition) is 5. The summed E-state index contributed by atoms with van der Waals surface area (Å²) in [6, 6.07) is 10.3. The van der Waals surface area contributed by atoms with Crippen LogP contribution in [0.2, 0.25) is 0 Å². The van der Waals surface area contributed by atoms with E-state index in [1.165, 1.54) is 13.2 Å². The zero-order valence-corrected chi connectivity index (χ0v) is 14.1. The van der Waals surface area contributed by atoms with Crippen molar-refractivity contribution in [2.24, 2.45) is 0 Å². The van der Waals surface area contributed by atoms with Gasteiger partial charge in [-0.25, -0.2) is 0 Å². The molecule has 0 unspecified atom stereocenters. The van der Waals surface area contributed by atoms with Crippen molar-refractivity contribution >= 4 is 17.2 Å². The highest BCUT2D eigenvalue weighted by Gasteiger charge is 2.10. The maximum absolute atomic E-state index is 11.1. The van der Waals surface area contributed by atoms with Gasteiger partial charge in [-0.15, -0.1) is 0 Å². The zero-order chi connectivity index (χ0) is 18.1. The lowest BCUT2D eigenvalue weighted by Gasteiger charge is -2.08. The number of nitro groups is 1. The first kappa shape index (κ1) is 18.3. The van der Waals surface area contributed by atoms with Gasteiger partial charge in [0, 0.05) is 36.5 Å². The maximum atomic E-state index is 11.1. The minimum Gasteiger partial charge on any atom is -0.469 e.